The minimum atomic E-state index is -1.40. The molecule has 65 heavy (non-hydrogen) atoms. The van der Waals surface area contributed by atoms with Gasteiger partial charge in [0.25, 0.3) is 0 Å². The number of carbonyl (C=O) groups is 7. The monoisotopic (exact) mass is 918 g/mol. The van der Waals surface area contributed by atoms with Crippen LogP contribution in [0.1, 0.15) is 129 Å². The third kappa shape index (κ3) is 13.0. The quantitative estimate of drug-likeness (QED) is 0.0419. The molecule has 7 N–H and O–H groups in total. The second kappa shape index (κ2) is 22.5. The van der Waals surface area contributed by atoms with Crippen molar-refractivity contribution in [2.24, 2.45) is 40.6 Å². The summed E-state index contributed by atoms with van der Waals surface area (Å²) in [6, 6.07) is 11.9. The fourth-order valence-electron chi connectivity index (χ4n) is 10.0. The number of nitrogens with one attached hydrogen (secondary N) is 2. The number of ketones is 4. The number of halogens is 1. The number of rotatable bonds is 26. The van der Waals surface area contributed by atoms with Crippen molar-refractivity contribution < 1.29 is 48.0 Å². The second-order valence-electron chi connectivity index (χ2n) is 19.6. The van der Waals surface area contributed by atoms with Crippen LogP contribution >= 0.6 is 11.6 Å². The number of carbonyl (C=O) groups excluding carboxylic acids is 7. The first kappa shape index (κ1) is 51.7. The Morgan fingerprint density at radius 2 is 1.46 bits per heavy atom. The van der Waals surface area contributed by atoms with Gasteiger partial charge in [0.05, 0.1) is 30.3 Å². The number of primary amides is 1. The molecule has 2 aromatic carbocycles. The van der Waals surface area contributed by atoms with Crippen molar-refractivity contribution in [3.05, 3.63) is 59.1 Å². The number of unbranched alkanes of at least 4 members (excludes halogenated alkanes) is 1. The summed E-state index contributed by atoms with van der Waals surface area (Å²) >= 11 is 6.00. The van der Waals surface area contributed by atoms with Gasteiger partial charge in [-0.05, 0) is 98.8 Å². The van der Waals surface area contributed by atoms with Crippen LogP contribution in [0.25, 0.3) is 11.1 Å². The molecule has 16 heteroatoms. The number of Topliss-reactive ketones (excluding diaryl/α,β-unsaturated/α-hetero) is 4. The molecule has 3 saturated carbocycles. The maximum atomic E-state index is 13.7. The fraction of sp³-hybridized carbons (Fsp3) is 0.612. The zero-order chi connectivity index (χ0) is 47.8. The number of aliphatic hydroxyl groups excluding tert-OH is 1. The van der Waals surface area contributed by atoms with Crippen LogP contribution < -0.4 is 22.1 Å². The van der Waals surface area contributed by atoms with Crippen LogP contribution in [0.2, 0.25) is 10.8 Å². The summed E-state index contributed by atoms with van der Waals surface area (Å²) in [6.07, 6.45) is 1.44. The SMILES string of the molecule is C[C@H](CC(=O)[C@H](CC(N)=O)NC(=O)[C@H](C)CC(=O)[C@@H](NC(=O)[C@H](CCCCN)CC(=O)CCCC(=O)c1ccc(-c2ccc(Cl)cc2)cc1)[C@@H](C)O)B1OC2C[C@@H]3C[C@@H](C3(C)C)[C@]2(C)O1. The largest absolute Gasteiger partial charge is 0.461 e. The first-order valence-electron chi connectivity index (χ1n) is 23.2. The Bertz CT molecular complexity index is 2050. The number of amides is 3. The highest BCUT2D eigenvalue weighted by molar-refractivity contribution is 6.47. The van der Waals surface area contributed by atoms with Crippen LogP contribution in [0.4, 0.5) is 0 Å². The summed E-state index contributed by atoms with van der Waals surface area (Å²) in [6.45, 7) is 11.6. The van der Waals surface area contributed by atoms with E-state index in [4.69, 9.17) is 32.4 Å². The van der Waals surface area contributed by atoms with E-state index >= 15 is 0 Å². The lowest BCUT2D eigenvalue weighted by Gasteiger charge is -2.64. The van der Waals surface area contributed by atoms with E-state index in [1.807, 2.05) is 31.2 Å². The normalized spacial score (nSPS) is 23.4. The van der Waals surface area contributed by atoms with E-state index in [1.165, 1.54) is 13.8 Å². The van der Waals surface area contributed by atoms with E-state index < -0.39 is 84.9 Å². The molecule has 4 fully saturated rings. The molecule has 10 atom stereocenters. The topological polar surface area (TPSA) is 234 Å². The first-order valence-corrected chi connectivity index (χ1v) is 23.6. The minimum absolute atomic E-state index is 0.0550. The summed E-state index contributed by atoms with van der Waals surface area (Å²) in [5.41, 5.74) is 13.3. The fourth-order valence-corrected chi connectivity index (χ4v) is 10.2. The number of hydrogen-bond donors (Lipinski definition) is 5. The van der Waals surface area contributed by atoms with Crippen molar-refractivity contribution >= 4 is 59.6 Å². The standard InChI is InChI=1S/C49H68BClN4O10/c1-28(46(62)54-38(27-44(53)61)40(59)23-29(2)50-64-43-26-35-25-42(48(35,4)5)49(43,6)65-50)22-41(60)45(30(3)56)55-47(63)34(10-7-8-21-52)24-37(57)11-9-12-39(58)33-15-13-31(14-16-33)32-17-19-36(51)20-18-32/h13-20,28-30,34-35,38,42-43,45,56H,7-12,21-27,52H2,1-6H3,(H2,53,61)(H,54,62)(H,55,63)/t28-,29-,30-,34-,35+,38+,42+,43?,45+,49+/m1/s1. The van der Waals surface area contributed by atoms with Gasteiger partial charge < -0.3 is 36.5 Å². The highest BCUT2D eigenvalue weighted by Gasteiger charge is 2.68. The average Bonchev–Trinajstić information content (AvgIpc) is 3.62. The highest BCUT2D eigenvalue weighted by Crippen LogP contribution is 2.66. The van der Waals surface area contributed by atoms with Crippen molar-refractivity contribution in [3.63, 3.8) is 0 Å². The van der Waals surface area contributed by atoms with Crippen LogP contribution in [0.3, 0.4) is 0 Å². The lowest BCUT2D eigenvalue weighted by Crippen LogP contribution is -2.65. The molecule has 1 unspecified atom stereocenters. The Morgan fingerprint density at radius 1 is 0.815 bits per heavy atom. The maximum absolute atomic E-state index is 13.7. The molecule has 6 rings (SSSR count). The molecule has 2 aromatic rings. The maximum Gasteiger partial charge on any atom is 0.461 e. The summed E-state index contributed by atoms with van der Waals surface area (Å²) in [5, 5.41) is 16.5. The Kier molecular flexibility index (Phi) is 17.9. The van der Waals surface area contributed by atoms with Gasteiger partial charge in [-0.15, -0.1) is 0 Å². The van der Waals surface area contributed by atoms with Crippen LogP contribution in [-0.4, -0.2) is 89.5 Å². The zero-order valence-corrected chi connectivity index (χ0v) is 39.5. The van der Waals surface area contributed by atoms with Crippen molar-refractivity contribution in [1.82, 2.24) is 10.6 Å². The molecule has 0 radical (unpaired) electrons. The lowest BCUT2D eigenvalue weighted by molar-refractivity contribution is -0.199. The predicted octanol–water partition coefficient (Wildman–Crippen LogP) is 5.96. The summed E-state index contributed by atoms with van der Waals surface area (Å²) in [4.78, 5) is 92.6. The van der Waals surface area contributed by atoms with E-state index in [0.29, 0.717) is 48.2 Å². The third-order valence-electron chi connectivity index (χ3n) is 14.2. The van der Waals surface area contributed by atoms with Crippen molar-refractivity contribution in [1.29, 1.82) is 0 Å². The molecule has 4 aliphatic rings. The molecule has 1 aliphatic heterocycles. The van der Waals surface area contributed by atoms with E-state index in [9.17, 15) is 38.7 Å². The molecule has 1 heterocycles. The molecule has 14 nitrogen and oxygen atoms in total. The van der Waals surface area contributed by atoms with E-state index in [-0.39, 0.29) is 61.0 Å². The van der Waals surface area contributed by atoms with Gasteiger partial charge in [0, 0.05) is 54.5 Å². The summed E-state index contributed by atoms with van der Waals surface area (Å²) in [7, 11) is -0.635. The number of aliphatic hydroxyl groups is 1. The first-order chi connectivity index (χ1) is 30.6. The summed E-state index contributed by atoms with van der Waals surface area (Å²) < 4.78 is 12.9. The average molecular weight is 919 g/mol. The van der Waals surface area contributed by atoms with Gasteiger partial charge in [0.1, 0.15) is 11.8 Å². The van der Waals surface area contributed by atoms with Crippen LogP contribution in [0.15, 0.2) is 48.5 Å². The van der Waals surface area contributed by atoms with Crippen LogP contribution in [0, 0.1) is 29.1 Å². The molecule has 354 valence electrons. The Hall–Kier alpha value is -4.28. The van der Waals surface area contributed by atoms with Crippen LogP contribution in [-0.2, 0) is 38.1 Å². The van der Waals surface area contributed by atoms with E-state index in [1.54, 1.807) is 24.3 Å². The molecule has 0 aromatic heterocycles. The van der Waals surface area contributed by atoms with Gasteiger partial charge in [0.2, 0.25) is 17.7 Å². The van der Waals surface area contributed by atoms with E-state index in [2.05, 4.69) is 31.4 Å². The predicted molar refractivity (Wildman–Crippen MR) is 248 cm³/mol. The zero-order valence-electron chi connectivity index (χ0n) is 38.7. The molecule has 0 spiro atoms. The van der Waals surface area contributed by atoms with E-state index in [0.717, 1.165) is 24.0 Å². The Morgan fingerprint density at radius 3 is 2.06 bits per heavy atom. The molecule has 2 bridgehead atoms. The van der Waals surface area contributed by atoms with Gasteiger partial charge in [-0.3, -0.25) is 33.6 Å². The van der Waals surface area contributed by atoms with Gasteiger partial charge in [-0.25, -0.2) is 0 Å². The van der Waals surface area contributed by atoms with Crippen molar-refractivity contribution in [2.75, 3.05) is 6.54 Å². The van der Waals surface area contributed by atoms with Gasteiger partial charge in [0.15, 0.2) is 17.3 Å². The third-order valence-corrected chi connectivity index (χ3v) is 14.5. The van der Waals surface area contributed by atoms with Gasteiger partial charge >= 0.3 is 7.12 Å². The smallest absolute Gasteiger partial charge is 0.405 e. The van der Waals surface area contributed by atoms with Gasteiger partial charge in [-0.2, -0.15) is 0 Å². The number of nitrogens with two attached hydrogens (primary N) is 2. The molecule has 1 saturated heterocycles. The lowest BCUT2D eigenvalue weighted by atomic mass is 9.43. The van der Waals surface area contributed by atoms with Crippen molar-refractivity contribution in [2.45, 2.75) is 154 Å². The molecule has 3 aliphatic carbocycles. The minimum Gasteiger partial charge on any atom is -0.405 e. The van der Waals surface area contributed by atoms with Gasteiger partial charge in [-0.1, -0.05) is 82.1 Å². The molecular weight excluding hydrogens is 851 g/mol. The number of benzene rings is 2. The van der Waals surface area contributed by atoms with Crippen LogP contribution in [0.5, 0.6) is 0 Å². The molecular formula is C49H68BClN4O10. The summed E-state index contributed by atoms with van der Waals surface area (Å²) in [5.74, 6) is -4.83. The van der Waals surface area contributed by atoms with Crippen molar-refractivity contribution in [3.8, 4) is 11.1 Å². The number of hydrogen-bond acceptors (Lipinski definition) is 11. The Labute approximate surface area is 388 Å². The molecule has 3 amide bonds. The Balaban J connectivity index is 1.11. The highest BCUT2D eigenvalue weighted by atomic mass is 35.5. The second-order valence-corrected chi connectivity index (χ2v) is 20.0.